The number of aromatic nitrogens is 2. The van der Waals surface area contributed by atoms with Crippen LogP contribution in [0.4, 0.5) is 0 Å². The van der Waals surface area contributed by atoms with E-state index >= 15 is 0 Å². The standard InChI is InChI=1S/C15H26ClN3/c1-3-13(2)19-11-8-14(17-19)12-18-10-5-4-6-15(18)7-9-16/h8,11,13,15H,3-7,9-10,12H2,1-2H3. The molecule has 0 aromatic carbocycles. The molecular weight excluding hydrogens is 258 g/mol. The molecule has 0 spiro atoms. The molecule has 19 heavy (non-hydrogen) atoms. The number of hydrogen-bond acceptors (Lipinski definition) is 2. The largest absolute Gasteiger partial charge is 0.294 e. The van der Waals surface area contributed by atoms with Crippen molar-refractivity contribution in [2.75, 3.05) is 12.4 Å². The van der Waals surface area contributed by atoms with Crippen LogP contribution >= 0.6 is 11.6 Å². The molecule has 4 heteroatoms. The molecule has 0 radical (unpaired) electrons. The Bertz CT molecular complexity index is 375. The number of halogens is 1. The maximum Gasteiger partial charge on any atom is 0.0764 e. The van der Waals surface area contributed by atoms with Crippen molar-refractivity contribution in [1.29, 1.82) is 0 Å². The highest BCUT2D eigenvalue weighted by molar-refractivity contribution is 6.17. The van der Waals surface area contributed by atoms with E-state index in [1.807, 2.05) is 0 Å². The number of rotatable bonds is 6. The fraction of sp³-hybridized carbons (Fsp3) is 0.800. The summed E-state index contributed by atoms with van der Waals surface area (Å²) in [5.74, 6) is 0.766. The van der Waals surface area contributed by atoms with Gasteiger partial charge >= 0.3 is 0 Å². The van der Waals surface area contributed by atoms with Crippen LogP contribution < -0.4 is 0 Å². The number of alkyl halides is 1. The second kappa shape index (κ2) is 7.30. The molecular formula is C15H26ClN3. The van der Waals surface area contributed by atoms with Crippen molar-refractivity contribution in [2.45, 2.75) is 64.6 Å². The highest BCUT2D eigenvalue weighted by atomic mass is 35.5. The van der Waals surface area contributed by atoms with E-state index in [2.05, 4.69) is 35.7 Å². The van der Waals surface area contributed by atoms with Crippen molar-refractivity contribution in [3.8, 4) is 0 Å². The Hall–Kier alpha value is -0.540. The average Bonchev–Trinajstić information content (AvgIpc) is 2.89. The fourth-order valence-electron chi connectivity index (χ4n) is 2.82. The topological polar surface area (TPSA) is 21.1 Å². The predicted molar refractivity (Wildman–Crippen MR) is 80.6 cm³/mol. The van der Waals surface area contributed by atoms with Crippen LogP contribution in [0.1, 0.15) is 57.7 Å². The van der Waals surface area contributed by atoms with Gasteiger partial charge in [-0.05, 0) is 45.2 Å². The van der Waals surface area contributed by atoms with Crippen molar-refractivity contribution in [2.24, 2.45) is 0 Å². The SMILES string of the molecule is CCC(C)n1ccc(CN2CCCCC2CCCl)n1. The lowest BCUT2D eigenvalue weighted by atomic mass is 10.00. The van der Waals surface area contributed by atoms with Gasteiger partial charge in [0.1, 0.15) is 0 Å². The van der Waals surface area contributed by atoms with E-state index in [9.17, 15) is 0 Å². The molecule has 0 bridgehead atoms. The Kier molecular flexibility index (Phi) is 5.71. The van der Waals surface area contributed by atoms with Crippen molar-refractivity contribution < 1.29 is 0 Å². The highest BCUT2D eigenvalue weighted by Crippen LogP contribution is 2.22. The van der Waals surface area contributed by atoms with Gasteiger partial charge in [-0.2, -0.15) is 5.10 Å². The molecule has 2 heterocycles. The highest BCUT2D eigenvalue weighted by Gasteiger charge is 2.22. The van der Waals surface area contributed by atoms with Crippen LogP contribution in [0, 0.1) is 0 Å². The summed E-state index contributed by atoms with van der Waals surface area (Å²) >= 11 is 5.92. The maximum atomic E-state index is 5.92. The Morgan fingerprint density at radius 1 is 1.47 bits per heavy atom. The fourth-order valence-corrected chi connectivity index (χ4v) is 3.08. The van der Waals surface area contributed by atoms with Crippen molar-refractivity contribution in [3.05, 3.63) is 18.0 Å². The van der Waals surface area contributed by atoms with E-state index in [4.69, 9.17) is 16.7 Å². The molecule has 108 valence electrons. The first kappa shape index (κ1) is 14.9. The van der Waals surface area contributed by atoms with Gasteiger partial charge in [0.25, 0.3) is 0 Å². The first-order valence-corrected chi connectivity index (χ1v) is 8.12. The zero-order valence-electron chi connectivity index (χ0n) is 12.2. The molecule has 1 aliphatic rings. The summed E-state index contributed by atoms with van der Waals surface area (Å²) in [4.78, 5) is 2.56. The number of hydrogen-bond donors (Lipinski definition) is 0. The van der Waals surface area contributed by atoms with E-state index in [-0.39, 0.29) is 0 Å². The molecule has 2 atom stereocenters. The zero-order chi connectivity index (χ0) is 13.7. The molecule has 0 saturated carbocycles. The third-order valence-corrected chi connectivity index (χ3v) is 4.48. The number of nitrogens with zero attached hydrogens (tertiary/aromatic N) is 3. The normalized spacial score (nSPS) is 22.6. The van der Waals surface area contributed by atoms with Gasteiger partial charge in [0.15, 0.2) is 0 Å². The van der Waals surface area contributed by atoms with Crippen molar-refractivity contribution in [1.82, 2.24) is 14.7 Å². The third kappa shape index (κ3) is 3.96. The minimum atomic E-state index is 0.494. The van der Waals surface area contributed by atoms with E-state index in [1.54, 1.807) is 0 Å². The second-order valence-corrected chi connectivity index (χ2v) is 6.02. The van der Waals surface area contributed by atoms with E-state index in [0.29, 0.717) is 12.1 Å². The van der Waals surface area contributed by atoms with Crippen LogP contribution in [0.2, 0.25) is 0 Å². The van der Waals surface area contributed by atoms with Crippen LogP contribution in [0.15, 0.2) is 12.3 Å². The van der Waals surface area contributed by atoms with Gasteiger partial charge in [0.05, 0.1) is 5.69 Å². The van der Waals surface area contributed by atoms with E-state index in [0.717, 1.165) is 25.3 Å². The first-order chi connectivity index (χ1) is 9.24. The van der Waals surface area contributed by atoms with Crippen LogP contribution in [-0.2, 0) is 6.54 Å². The van der Waals surface area contributed by atoms with Gasteiger partial charge in [0, 0.05) is 30.7 Å². The summed E-state index contributed by atoms with van der Waals surface area (Å²) in [6, 6.07) is 3.31. The molecule has 1 aromatic rings. The zero-order valence-corrected chi connectivity index (χ0v) is 12.9. The van der Waals surface area contributed by atoms with Crippen LogP contribution in [-0.4, -0.2) is 33.1 Å². The smallest absolute Gasteiger partial charge is 0.0764 e. The summed E-state index contributed by atoms with van der Waals surface area (Å²) in [5.41, 5.74) is 1.20. The average molecular weight is 284 g/mol. The van der Waals surface area contributed by atoms with Gasteiger partial charge in [-0.15, -0.1) is 11.6 Å². The summed E-state index contributed by atoms with van der Waals surface area (Å²) in [5, 5.41) is 4.71. The van der Waals surface area contributed by atoms with E-state index in [1.165, 1.54) is 31.5 Å². The summed E-state index contributed by atoms with van der Waals surface area (Å²) in [7, 11) is 0. The van der Waals surface area contributed by atoms with Gasteiger partial charge in [-0.25, -0.2) is 0 Å². The van der Waals surface area contributed by atoms with Crippen LogP contribution in [0.5, 0.6) is 0 Å². The molecule has 3 nitrogen and oxygen atoms in total. The Morgan fingerprint density at radius 2 is 2.32 bits per heavy atom. The monoisotopic (exact) mass is 283 g/mol. The lowest BCUT2D eigenvalue weighted by molar-refractivity contribution is 0.134. The van der Waals surface area contributed by atoms with Crippen LogP contribution in [0.3, 0.4) is 0 Å². The minimum absolute atomic E-state index is 0.494. The van der Waals surface area contributed by atoms with Crippen molar-refractivity contribution in [3.63, 3.8) is 0 Å². The molecule has 1 fully saturated rings. The first-order valence-electron chi connectivity index (χ1n) is 7.58. The second-order valence-electron chi connectivity index (χ2n) is 5.64. The Morgan fingerprint density at radius 3 is 3.05 bits per heavy atom. The molecule has 0 N–H and O–H groups in total. The Labute approximate surface area is 121 Å². The minimum Gasteiger partial charge on any atom is -0.294 e. The molecule has 0 amide bonds. The summed E-state index contributed by atoms with van der Waals surface area (Å²) in [6.45, 7) is 6.59. The predicted octanol–water partition coefficient (Wildman–Crippen LogP) is 3.84. The van der Waals surface area contributed by atoms with Crippen molar-refractivity contribution >= 4 is 11.6 Å². The van der Waals surface area contributed by atoms with Gasteiger partial charge in [-0.1, -0.05) is 13.3 Å². The van der Waals surface area contributed by atoms with Gasteiger partial charge < -0.3 is 0 Å². The lowest BCUT2D eigenvalue weighted by Gasteiger charge is -2.35. The van der Waals surface area contributed by atoms with Crippen LogP contribution in [0.25, 0.3) is 0 Å². The molecule has 1 saturated heterocycles. The molecule has 1 aliphatic heterocycles. The molecule has 1 aromatic heterocycles. The quantitative estimate of drug-likeness (QED) is 0.740. The lowest BCUT2D eigenvalue weighted by Crippen LogP contribution is -2.39. The maximum absolute atomic E-state index is 5.92. The number of likely N-dealkylation sites (tertiary alicyclic amines) is 1. The summed E-state index contributed by atoms with van der Waals surface area (Å²) in [6.07, 6.45) is 8.29. The van der Waals surface area contributed by atoms with Gasteiger partial charge in [0.2, 0.25) is 0 Å². The van der Waals surface area contributed by atoms with Gasteiger partial charge in [-0.3, -0.25) is 9.58 Å². The third-order valence-electron chi connectivity index (χ3n) is 4.26. The number of piperidine rings is 1. The molecule has 2 rings (SSSR count). The van der Waals surface area contributed by atoms with E-state index < -0.39 is 0 Å². The molecule has 2 unspecified atom stereocenters. The summed E-state index contributed by atoms with van der Waals surface area (Å²) < 4.78 is 2.09. The Balaban J connectivity index is 1.96. The molecule has 0 aliphatic carbocycles.